The van der Waals surface area contributed by atoms with E-state index in [2.05, 4.69) is 15.0 Å². The molecule has 1 aliphatic heterocycles. The van der Waals surface area contributed by atoms with Gasteiger partial charge in [0.05, 0.1) is 24.9 Å². The Bertz CT molecular complexity index is 570. The third kappa shape index (κ3) is 5.36. The van der Waals surface area contributed by atoms with Crippen LogP contribution in [0, 0.1) is 12.8 Å². The molecule has 2 rings (SSSR count). The summed E-state index contributed by atoms with van der Waals surface area (Å²) in [4.78, 5) is 17.3. The first kappa shape index (κ1) is 18.5. The average molecular weight is 345 g/mol. The molecule has 24 heavy (non-hydrogen) atoms. The summed E-state index contributed by atoms with van der Waals surface area (Å²) in [6.45, 7) is 2.47. The van der Waals surface area contributed by atoms with Crippen LogP contribution in [0.25, 0.3) is 0 Å². The van der Waals surface area contributed by atoms with Crippen LogP contribution in [0.1, 0.15) is 28.9 Å². The minimum absolute atomic E-state index is 0.317. The Morgan fingerprint density at radius 3 is 2.58 bits per heavy atom. The number of carbonyl (C=O) groups excluding carboxylic acids is 1. The van der Waals surface area contributed by atoms with Crippen molar-refractivity contribution >= 4 is 11.8 Å². The lowest BCUT2D eigenvalue weighted by molar-refractivity contribution is -0.148. The lowest BCUT2D eigenvalue weighted by atomic mass is 9.97. The van der Waals surface area contributed by atoms with Crippen molar-refractivity contribution < 1.29 is 22.7 Å². The molecule has 8 heteroatoms. The summed E-state index contributed by atoms with van der Waals surface area (Å²) in [5.41, 5.74) is 0.996. The molecule has 1 saturated heterocycles. The minimum atomic E-state index is -4.13. The van der Waals surface area contributed by atoms with E-state index in [1.807, 2.05) is 0 Å². The Morgan fingerprint density at radius 1 is 1.38 bits per heavy atom. The van der Waals surface area contributed by atoms with Crippen LogP contribution in [-0.4, -0.2) is 55.3 Å². The van der Waals surface area contributed by atoms with Crippen molar-refractivity contribution in [1.82, 2.24) is 9.88 Å². The van der Waals surface area contributed by atoms with Crippen LogP contribution >= 0.6 is 0 Å². The molecular formula is C16H22F3N3O2. The number of alkyl halides is 3. The van der Waals surface area contributed by atoms with Crippen molar-refractivity contribution in [3.05, 3.63) is 23.4 Å². The molecule has 5 nitrogen and oxygen atoms in total. The Balaban J connectivity index is 1.80. The molecule has 134 valence electrons. The van der Waals surface area contributed by atoms with Gasteiger partial charge in [-0.25, -0.2) is 9.78 Å². The smallest absolute Gasteiger partial charge is 0.401 e. The van der Waals surface area contributed by atoms with Gasteiger partial charge in [0, 0.05) is 6.54 Å². The quantitative estimate of drug-likeness (QED) is 0.832. The fourth-order valence-electron chi connectivity index (χ4n) is 2.84. The molecule has 0 radical (unpaired) electrons. The number of pyridine rings is 1. The van der Waals surface area contributed by atoms with Gasteiger partial charge in [0.1, 0.15) is 5.82 Å². The average Bonchev–Trinajstić information content (AvgIpc) is 2.52. The van der Waals surface area contributed by atoms with Gasteiger partial charge < -0.3 is 10.1 Å². The predicted octanol–water partition coefficient (Wildman–Crippen LogP) is 2.86. The van der Waals surface area contributed by atoms with E-state index < -0.39 is 18.7 Å². The molecule has 0 aromatic carbocycles. The Labute approximate surface area is 139 Å². The van der Waals surface area contributed by atoms with Gasteiger partial charge in [-0.15, -0.1) is 0 Å². The molecule has 0 unspecified atom stereocenters. The standard InChI is InChI=1S/C16H22F3N3O2/c1-11-13(15(23)24-2)3-4-14(21-11)20-9-12-5-7-22(8-6-12)10-16(17,18)19/h3-4,12H,5-10H2,1-2H3,(H,20,21). The first-order valence-corrected chi connectivity index (χ1v) is 7.87. The number of anilines is 1. The number of ether oxygens (including phenoxy) is 1. The van der Waals surface area contributed by atoms with Gasteiger partial charge in [-0.1, -0.05) is 0 Å². The second-order valence-corrected chi connectivity index (χ2v) is 6.04. The number of nitrogens with one attached hydrogen (secondary N) is 1. The van der Waals surface area contributed by atoms with Crippen molar-refractivity contribution in [3.63, 3.8) is 0 Å². The number of hydrogen-bond acceptors (Lipinski definition) is 5. The maximum atomic E-state index is 12.4. The Kier molecular flexibility index (Phi) is 6.04. The SMILES string of the molecule is COC(=O)c1ccc(NCC2CCN(CC(F)(F)F)CC2)nc1C. The van der Waals surface area contributed by atoms with E-state index in [0.29, 0.717) is 42.6 Å². The van der Waals surface area contributed by atoms with E-state index in [1.54, 1.807) is 19.1 Å². The van der Waals surface area contributed by atoms with E-state index in [4.69, 9.17) is 0 Å². The molecule has 1 fully saturated rings. The molecule has 0 amide bonds. The third-order valence-corrected chi connectivity index (χ3v) is 4.17. The number of esters is 1. The number of aryl methyl sites for hydroxylation is 1. The number of halogens is 3. The molecule has 1 aromatic rings. The van der Waals surface area contributed by atoms with E-state index in [1.165, 1.54) is 12.0 Å². The highest BCUT2D eigenvalue weighted by atomic mass is 19.4. The van der Waals surface area contributed by atoms with Crippen LogP contribution in [0.15, 0.2) is 12.1 Å². The number of aromatic nitrogens is 1. The van der Waals surface area contributed by atoms with Crippen LogP contribution in [0.2, 0.25) is 0 Å². The van der Waals surface area contributed by atoms with E-state index in [9.17, 15) is 18.0 Å². The van der Waals surface area contributed by atoms with Gasteiger partial charge in [-0.3, -0.25) is 4.90 Å². The second kappa shape index (κ2) is 7.83. The molecule has 0 spiro atoms. The van der Waals surface area contributed by atoms with Gasteiger partial charge in [-0.2, -0.15) is 13.2 Å². The van der Waals surface area contributed by atoms with Gasteiger partial charge >= 0.3 is 12.1 Å². The first-order chi connectivity index (χ1) is 11.3. The highest BCUT2D eigenvalue weighted by Crippen LogP contribution is 2.23. The van der Waals surface area contributed by atoms with Crippen LogP contribution < -0.4 is 5.32 Å². The van der Waals surface area contributed by atoms with Crippen LogP contribution in [0.4, 0.5) is 19.0 Å². The summed E-state index contributed by atoms with van der Waals surface area (Å²) in [5, 5.41) is 3.20. The Hall–Kier alpha value is -1.83. The number of rotatable bonds is 5. The molecule has 1 N–H and O–H groups in total. The summed E-state index contributed by atoms with van der Waals surface area (Å²) in [7, 11) is 1.32. The largest absolute Gasteiger partial charge is 0.465 e. The van der Waals surface area contributed by atoms with Crippen molar-refractivity contribution in [2.75, 3.05) is 38.6 Å². The molecule has 1 aliphatic rings. The Morgan fingerprint density at radius 2 is 2.04 bits per heavy atom. The van der Waals surface area contributed by atoms with Gasteiger partial charge in [-0.05, 0) is 50.9 Å². The number of nitrogens with zero attached hydrogens (tertiary/aromatic N) is 2. The van der Waals surface area contributed by atoms with E-state index in [0.717, 1.165) is 12.8 Å². The highest BCUT2D eigenvalue weighted by Gasteiger charge is 2.32. The number of likely N-dealkylation sites (tertiary alicyclic amines) is 1. The summed E-state index contributed by atoms with van der Waals surface area (Å²) in [6.07, 6.45) is -2.68. The van der Waals surface area contributed by atoms with E-state index in [-0.39, 0.29) is 0 Å². The second-order valence-electron chi connectivity index (χ2n) is 6.04. The molecule has 0 aliphatic carbocycles. The topological polar surface area (TPSA) is 54.5 Å². The van der Waals surface area contributed by atoms with Gasteiger partial charge in [0.2, 0.25) is 0 Å². The number of carbonyl (C=O) groups is 1. The van der Waals surface area contributed by atoms with Gasteiger partial charge in [0.25, 0.3) is 0 Å². The first-order valence-electron chi connectivity index (χ1n) is 7.87. The zero-order chi connectivity index (χ0) is 17.7. The molecular weight excluding hydrogens is 323 g/mol. The maximum Gasteiger partial charge on any atom is 0.401 e. The van der Waals surface area contributed by atoms with Crippen molar-refractivity contribution in [2.24, 2.45) is 5.92 Å². The zero-order valence-electron chi connectivity index (χ0n) is 13.8. The number of methoxy groups -OCH3 is 1. The van der Waals surface area contributed by atoms with Gasteiger partial charge in [0.15, 0.2) is 0 Å². The van der Waals surface area contributed by atoms with E-state index >= 15 is 0 Å². The lowest BCUT2D eigenvalue weighted by Gasteiger charge is -2.32. The fraction of sp³-hybridized carbons (Fsp3) is 0.625. The summed E-state index contributed by atoms with van der Waals surface area (Å²) in [6, 6.07) is 3.36. The van der Waals surface area contributed by atoms with Crippen LogP contribution in [-0.2, 0) is 4.74 Å². The third-order valence-electron chi connectivity index (χ3n) is 4.17. The van der Waals surface area contributed by atoms with Crippen LogP contribution in [0.5, 0.6) is 0 Å². The predicted molar refractivity (Wildman–Crippen MR) is 84.0 cm³/mol. The number of hydrogen-bond donors (Lipinski definition) is 1. The summed E-state index contributed by atoms with van der Waals surface area (Å²) in [5.74, 6) is 0.540. The molecule has 0 saturated carbocycles. The molecule has 0 atom stereocenters. The normalized spacial score (nSPS) is 16.9. The van der Waals surface area contributed by atoms with Crippen molar-refractivity contribution in [3.8, 4) is 0 Å². The fourth-order valence-corrected chi connectivity index (χ4v) is 2.84. The minimum Gasteiger partial charge on any atom is -0.465 e. The highest BCUT2D eigenvalue weighted by molar-refractivity contribution is 5.90. The summed E-state index contributed by atoms with van der Waals surface area (Å²) >= 11 is 0. The summed E-state index contributed by atoms with van der Waals surface area (Å²) < 4.78 is 41.8. The molecule has 2 heterocycles. The molecule has 1 aromatic heterocycles. The van der Waals surface area contributed by atoms with Crippen molar-refractivity contribution in [1.29, 1.82) is 0 Å². The van der Waals surface area contributed by atoms with Crippen LogP contribution in [0.3, 0.4) is 0 Å². The monoisotopic (exact) mass is 345 g/mol. The number of piperidine rings is 1. The zero-order valence-corrected chi connectivity index (χ0v) is 13.8. The van der Waals surface area contributed by atoms with Crippen molar-refractivity contribution in [2.45, 2.75) is 25.9 Å². The maximum absolute atomic E-state index is 12.4. The lowest BCUT2D eigenvalue weighted by Crippen LogP contribution is -2.41. The molecule has 0 bridgehead atoms.